The Kier molecular flexibility index (Phi) is 5.31. The van der Waals surface area contributed by atoms with Gasteiger partial charge in [0.15, 0.2) is 0 Å². The summed E-state index contributed by atoms with van der Waals surface area (Å²) in [6.45, 7) is 2.86. The second-order valence-electron chi connectivity index (χ2n) is 5.51. The molecule has 0 saturated heterocycles. The molecule has 1 aromatic heterocycles. The third-order valence-electron chi connectivity index (χ3n) is 3.61. The van der Waals surface area contributed by atoms with Crippen molar-refractivity contribution in [3.05, 3.63) is 71.3 Å². The lowest BCUT2D eigenvalue weighted by Gasteiger charge is -2.06. The third kappa shape index (κ3) is 4.58. The number of pyridine rings is 1. The van der Waals surface area contributed by atoms with Gasteiger partial charge < -0.3 is 10.6 Å². The molecule has 25 heavy (non-hydrogen) atoms. The highest BCUT2D eigenvalue weighted by molar-refractivity contribution is 6.30. The lowest BCUT2D eigenvalue weighted by Crippen LogP contribution is -2.07. The number of hydrogen-bond donors (Lipinski definition) is 2. The Labute approximate surface area is 151 Å². The fourth-order valence-electron chi connectivity index (χ4n) is 2.41. The van der Waals surface area contributed by atoms with Crippen LogP contribution in [0.25, 0.3) is 17.0 Å². The maximum absolute atomic E-state index is 12.1. The first-order valence-corrected chi connectivity index (χ1v) is 8.41. The predicted molar refractivity (Wildman–Crippen MR) is 105 cm³/mol. The molecule has 0 radical (unpaired) electrons. The smallest absolute Gasteiger partial charge is 0.248 e. The molecule has 126 valence electrons. The number of aromatic nitrogens is 1. The van der Waals surface area contributed by atoms with Gasteiger partial charge in [-0.15, -0.1) is 0 Å². The van der Waals surface area contributed by atoms with Crippen LogP contribution in [0, 0.1) is 0 Å². The molecule has 0 atom stereocenters. The molecule has 0 aliphatic heterocycles. The molecule has 2 aromatic carbocycles. The van der Waals surface area contributed by atoms with E-state index >= 15 is 0 Å². The number of benzene rings is 2. The van der Waals surface area contributed by atoms with E-state index < -0.39 is 0 Å². The number of carbonyl (C=O) groups is 1. The number of nitrogens with one attached hydrogen (secondary N) is 2. The topological polar surface area (TPSA) is 54.0 Å². The highest BCUT2D eigenvalue weighted by atomic mass is 35.5. The van der Waals surface area contributed by atoms with E-state index in [1.54, 1.807) is 18.2 Å². The molecular weight excluding hydrogens is 334 g/mol. The van der Waals surface area contributed by atoms with Crippen LogP contribution < -0.4 is 10.6 Å². The lowest BCUT2D eigenvalue weighted by molar-refractivity contribution is -0.111. The van der Waals surface area contributed by atoms with E-state index in [0.29, 0.717) is 5.02 Å². The van der Waals surface area contributed by atoms with Crippen molar-refractivity contribution >= 4 is 46.0 Å². The molecule has 4 nitrogen and oxygen atoms in total. The molecule has 0 fully saturated rings. The van der Waals surface area contributed by atoms with Gasteiger partial charge in [0.25, 0.3) is 0 Å². The molecule has 1 amide bonds. The number of anilines is 2. The molecule has 0 bridgehead atoms. The normalized spacial score (nSPS) is 11.0. The van der Waals surface area contributed by atoms with Gasteiger partial charge in [-0.2, -0.15) is 0 Å². The van der Waals surface area contributed by atoms with Crippen LogP contribution in [0.4, 0.5) is 11.5 Å². The average Bonchev–Trinajstić information content (AvgIpc) is 2.62. The van der Waals surface area contributed by atoms with Gasteiger partial charge in [0, 0.05) is 28.7 Å². The fraction of sp³-hybridized carbons (Fsp3) is 0.100. The molecule has 2 N–H and O–H groups in total. The zero-order valence-electron chi connectivity index (χ0n) is 13.8. The number of carbonyl (C=O) groups excluding carboxylic acids is 1. The molecule has 1 heterocycles. The first-order chi connectivity index (χ1) is 12.1. The minimum absolute atomic E-state index is 0.188. The summed E-state index contributed by atoms with van der Waals surface area (Å²) in [5.41, 5.74) is 2.53. The quantitative estimate of drug-likeness (QED) is 0.638. The number of rotatable bonds is 5. The number of nitrogens with zero attached hydrogens (tertiary/aromatic N) is 1. The van der Waals surface area contributed by atoms with E-state index in [2.05, 4.69) is 15.6 Å². The van der Waals surface area contributed by atoms with Gasteiger partial charge in [-0.1, -0.05) is 23.7 Å². The minimum atomic E-state index is -0.188. The van der Waals surface area contributed by atoms with E-state index in [-0.39, 0.29) is 5.91 Å². The van der Waals surface area contributed by atoms with Crippen molar-refractivity contribution in [2.24, 2.45) is 0 Å². The average molecular weight is 352 g/mol. The van der Waals surface area contributed by atoms with E-state index in [9.17, 15) is 4.79 Å². The van der Waals surface area contributed by atoms with E-state index in [1.807, 2.05) is 49.4 Å². The Morgan fingerprint density at radius 3 is 2.68 bits per heavy atom. The molecule has 0 aliphatic carbocycles. The van der Waals surface area contributed by atoms with Crippen molar-refractivity contribution in [3.8, 4) is 0 Å². The Hall–Kier alpha value is -2.85. The number of amides is 1. The second kappa shape index (κ2) is 7.81. The van der Waals surface area contributed by atoms with Crippen LogP contribution >= 0.6 is 11.6 Å². The molecule has 3 rings (SSSR count). The Morgan fingerprint density at radius 1 is 1.12 bits per heavy atom. The molecule has 0 saturated carbocycles. The lowest BCUT2D eigenvalue weighted by atomic mass is 10.2. The monoisotopic (exact) mass is 351 g/mol. The zero-order chi connectivity index (χ0) is 17.6. The van der Waals surface area contributed by atoms with Gasteiger partial charge in [-0.3, -0.25) is 4.79 Å². The summed E-state index contributed by atoms with van der Waals surface area (Å²) >= 11 is 5.84. The summed E-state index contributed by atoms with van der Waals surface area (Å²) in [6.07, 6.45) is 3.25. The van der Waals surface area contributed by atoms with Crippen LogP contribution in [0.1, 0.15) is 12.5 Å². The van der Waals surface area contributed by atoms with Crippen LogP contribution in [0.5, 0.6) is 0 Å². The van der Waals surface area contributed by atoms with Crippen LogP contribution in [-0.2, 0) is 4.79 Å². The first kappa shape index (κ1) is 17.0. The van der Waals surface area contributed by atoms with Crippen molar-refractivity contribution in [2.45, 2.75) is 6.92 Å². The fourth-order valence-corrected chi connectivity index (χ4v) is 2.54. The van der Waals surface area contributed by atoms with Crippen LogP contribution in [0.3, 0.4) is 0 Å². The number of fused-ring (bicyclic) bond motifs is 1. The van der Waals surface area contributed by atoms with Gasteiger partial charge >= 0.3 is 0 Å². The van der Waals surface area contributed by atoms with Crippen LogP contribution in [-0.4, -0.2) is 17.4 Å². The first-order valence-electron chi connectivity index (χ1n) is 8.03. The highest BCUT2D eigenvalue weighted by Gasteiger charge is 2.02. The second-order valence-corrected chi connectivity index (χ2v) is 5.94. The number of hydrogen-bond acceptors (Lipinski definition) is 3. The Bertz CT molecular complexity index is 920. The van der Waals surface area contributed by atoms with Crippen molar-refractivity contribution < 1.29 is 4.79 Å². The highest BCUT2D eigenvalue weighted by Crippen LogP contribution is 2.20. The molecule has 0 aliphatic rings. The predicted octanol–water partition coefficient (Wildman–Crippen LogP) is 4.97. The summed E-state index contributed by atoms with van der Waals surface area (Å²) in [5, 5.41) is 7.69. The van der Waals surface area contributed by atoms with Gasteiger partial charge in [0.05, 0.1) is 5.52 Å². The van der Waals surface area contributed by atoms with Crippen molar-refractivity contribution in [2.75, 3.05) is 17.2 Å². The summed E-state index contributed by atoms with van der Waals surface area (Å²) in [4.78, 5) is 16.6. The van der Waals surface area contributed by atoms with Gasteiger partial charge in [-0.25, -0.2) is 4.98 Å². The molecule has 0 unspecified atom stereocenters. The Balaban J connectivity index is 1.70. The molecular formula is C20H18ClN3O. The van der Waals surface area contributed by atoms with E-state index in [0.717, 1.165) is 34.5 Å². The molecule has 3 aromatic rings. The van der Waals surface area contributed by atoms with Crippen LogP contribution in [0.15, 0.2) is 60.7 Å². The Morgan fingerprint density at radius 2 is 1.92 bits per heavy atom. The van der Waals surface area contributed by atoms with Gasteiger partial charge in [0.1, 0.15) is 5.82 Å². The maximum Gasteiger partial charge on any atom is 0.248 e. The summed E-state index contributed by atoms with van der Waals surface area (Å²) in [7, 11) is 0. The molecule has 0 spiro atoms. The SMILES string of the molecule is CCNc1ccc2cc(NC(=O)/C=C/c3ccc(Cl)cc3)ccc2n1. The minimum Gasteiger partial charge on any atom is -0.370 e. The van der Waals surface area contributed by atoms with E-state index in [1.165, 1.54) is 6.08 Å². The zero-order valence-corrected chi connectivity index (χ0v) is 14.5. The van der Waals surface area contributed by atoms with Gasteiger partial charge in [0.2, 0.25) is 5.91 Å². The maximum atomic E-state index is 12.1. The van der Waals surface area contributed by atoms with E-state index in [4.69, 9.17) is 11.6 Å². The van der Waals surface area contributed by atoms with Crippen molar-refractivity contribution in [1.82, 2.24) is 4.98 Å². The largest absolute Gasteiger partial charge is 0.370 e. The summed E-state index contributed by atoms with van der Waals surface area (Å²) in [5.74, 6) is 0.657. The van der Waals surface area contributed by atoms with Crippen LogP contribution in [0.2, 0.25) is 5.02 Å². The summed E-state index contributed by atoms with van der Waals surface area (Å²) < 4.78 is 0. The van der Waals surface area contributed by atoms with Gasteiger partial charge in [-0.05, 0) is 61.0 Å². The summed E-state index contributed by atoms with van der Waals surface area (Å²) in [6, 6.07) is 16.9. The van der Waals surface area contributed by atoms with Crippen molar-refractivity contribution in [3.63, 3.8) is 0 Å². The molecule has 5 heteroatoms. The standard InChI is InChI=1S/C20H18ClN3O/c1-2-22-19-11-6-15-13-17(9-10-18(15)24-19)23-20(25)12-5-14-3-7-16(21)8-4-14/h3-13H,2H2,1H3,(H,22,24)(H,23,25)/b12-5+. The van der Waals surface area contributed by atoms with Crippen molar-refractivity contribution in [1.29, 1.82) is 0 Å². The number of halogens is 1. The third-order valence-corrected chi connectivity index (χ3v) is 3.86.